The monoisotopic (exact) mass is 226 g/mol. The van der Waals surface area contributed by atoms with Gasteiger partial charge in [-0.3, -0.25) is 0 Å². The first kappa shape index (κ1) is 10.3. The van der Waals surface area contributed by atoms with Crippen molar-refractivity contribution in [3.8, 4) is 0 Å². The van der Waals surface area contributed by atoms with E-state index in [9.17, 15) is 0 Å². The van der Waals surface area contributed by atoms with Crippen molar-refractivity contribution in [3.05, 3.63) is 0 Å². The summed E-state index contributed by atoms with van der Waals surface area (Å²) in [6, 6.07) is 0. The summed E-state index contributed by atoms with van der Waals surface area (Å²) in [7, 11) is 0. The van der Waals surface area contributed by atoms with Crippen LogP contribution in [0.4, 0.5) is 0 Å². The molecule has 0 aromatic carbocycles. The minimum atomic E-state index is -0.500. The Hall–Kier alpha value is 1.30. The number of aliphatic hydroxyl groups is 1. The maximum Gasteiger partial charge on any atom is 0.0563 e. The first-order chi connectivity index (χ1) is 2.00. The van der Waals surface area contributed by atoms with Crippen LogP contribution >= 0.6 is 0 Å². The molecule has 0 aliphatic carbocycles. The van der Waals surface area contributed by atoms with Gasteiger partial charge in [-0.25, -0.2) is 0 Å². The average Bonchev–Trinajstić information content (AvgIpc) is 0.722. The van der Waals surface area contributed by atoms with Crippen molar-refractivity contribution >= 4 is 0 Å². The van der Waals surface area contributed by atoms with Crippen LogP contribution in [0.1, 0.15) is 20.8 Å². The molecular weight excluding hydrogens is 214 g/mol. The van der Waals surface area contributed by atoms with Gasteiger partial charge in [-0.2, -0.15) is 0 Å². The number of hydrogen-bond acceptors (Lipinski definition) is 1. The van der Waals surface area contributed by atoms with E-state index in [1.165, 1.54) is 0 Å². The maximum atomic E-state index is 8.52. The van der Waals surface area contributed by atoms with E-state index in [1.54, 1.807) is 20.8 Å². The molecule has 38 valence electrons. The standard InChI is InChI=1S/C4H10O.Sm/c1-4(2,3)5;/h5H,1-3H3;. The predicted octanol–water partition coefficient (Wildman–Crippen LogP) is 0.777. The van der Waals surface area contributed by atoms with Gasteiger partial charge in [-0.1, -0.05) is 0 Å². The molecule has 0 aromatic rings. The van der Waals surface area contributed by atoms with E-state index in [-0.39, 0.29) is 40.4 Å². The summed E-state index contributed by atoms with van der Waals surface area (Å²) in [6.45, 7) is 5.23. The first-order valence-electron chi connectivity index (χ1n) is 1.72. The minimum Gasteiger partial charge on any atom is -0.391 e. The second kappa shape index (κ2) is 3.32. The Bertz CT molecular complexity index is 23.0. The summed E-state index contributed by atoms with van der Waals surface area (Å²) in [5, 5.41) is 8.52. The van der Waals surface area contributed by atoms with Crippen molar-refractivity contribution in [3.63, 3.8) is 0 Å². The van der Waals surface area contributed by atoms with Crippen molar-refractivity contribution < 1.29 is 45.5 Å². The summed E-state index contributed by atoms with van der Waals surface area (Å²) in [5.41, 5.74) is -0.500. The van der Waals surface area contributed by atoms with Crippen LogP contribution in [0.2, 0.25) is 0 Å². The van der Waals surface area contributed by atoms with E-state index in [4.69, 9.17) is 5.11 Å². The third-order valence-electron chi connectivity index (χ3n) is 0. The predicted molar refractivity (Wildman–Crippen MR) is 22.0 cm³/mol. The topological polar surface area (TPSA) is 20.2 Å². The van der Waals surface area contributed by atoms with E-state index < -0.39 is 5.60 Å². The van der Waals surface area contributed by atoms with Gasteiger partial charge in [0.2, 0.25) is 0 Å². The number of rotatable bonds is 0. The zero-order valence-electron chi connectivity index (χ0n) is 4.36. The molecule has 0 atom stereocenters. The average molecular weight is 224 g/mol. The van der Waals surface area contributed by atoms with Gasteiger partial charge in [-0.05, 0) is 20.8 Å². The van der Waals surface area contributed by atoms with E-state index in [0.717, 1.165) is 0 Å². The Kier molecular flexibility index (Phi) is 5.70. The molecule has 0 heterocycles. The Labute approximate surface area is 71.2 Å². The molecule has 1 N–H and O–H groups in total. The molecule has 0 aliphatic rings. The fourth-order valence-electron chi connectivity index (χ4n) is 0. The van der Waals surface area contributed by atoms with Crippen LogP contribution < -0.4 is 0 Å². The fraction of sp³-hybridized carbons (Fsp3) is 1.00. The fourth-order valence-corrected chi connectivity index (χ4v) is 0. The molecule has 2 heteroatoms. The van der Waals surface area contributed by atoms with Gasteiger partial charge < -0.3 is 5.11 Å². The Balaban J connectivity index is 0. The quantitative estimate of drug-likeness (QED) is 0.645. The van der Waals surface area contributed by atoms with Crippen LogP contribution in [0.5, 0.6) is 0 Å². The smallest absolute Gasteiger partial charge is 0.0563 e. The molecule has 0 spiro atoms. The Morgan fingerprint density at radius 1 is 1.17 bits per heavy atom. The van der Waals surface area contributed by atoms with Crippen molar-refractivity contribution in [2.45, 2.75) is 26.4 Å². The molecule has 0 rings (SSSR count). The molecule has 0 aromatic heterocycles. The van der Waals surface area contributed by atoms with Gasteiger partial charge in [0.1, 0.15) is 0 Å². The molecule has 0 saturated carbocycles. The van der Waals surface area contributed by atoms with Crippen LogP contribution in [-0.4, -0.2) is 10.7 Å². The summed E-state index contributed by atoms with van der Waals surface area (Å²) in [5.74, 6) is 0. The van der Waals surface area contributed by atoms with Crippen LogP contribution in [0.3, 0.4) is 0 Å². The largest absolute Gasteiger partial charge is 0.391 e. The van der Waals surface area contributed by atoms with Gasteiger partial charge in [0.15, 0.2) is 0 Å². The van der Waals surface area contributed by atoms with Crippen LogP contribution in [0, 0.1) is 40.4 Å². The molecule has 0 bridgehead atoms. The van der Waals surface area contributed by atoms with Gasteiger partial charge >= 0.3 is 0 Å². The molecule has 0 saturated heterocycles. The maximum absolute atomic E-state index is 8.52. The van der Waals surface area contributed by atoms with Crippen LogP contribution in [0.25, 0.3) is 0 Å². The molecule has 0 aliphatic heterocycles. The zero-order valence-corrected chi connectivity index (χ0v) is 6.97. The first-order valence-corrected chi connectivity index (χ1v) is 1.72. The van der Waals surface area contributed by atoms with E-state index in [2.05, 4.69) is 0 Å². The molecular formula is C4H10OSm. The normalized spacial score (nSPS) is 10.0. The van der Waals surface area contributed by atoms with Crippen LogP contribution in [-0.2, 0) is 0 Å². The zero-order chi connectivity index (χ0) is 4.50. The van der Waals surface area contributed by atoms with Crippen molar-refractivity contribution in [1.82, 2.24) is 0 Å². The third kappa shape index (κ3) is 58.1. The molecule has 0 radical (unpaired) electrons. The van der Waals surface area contributed by atoms with Gasteiger partial charge in [0.05, 0.1) is 5.60 Å². The second-order valence-electron chi connectivity index (χ2n) is 2.17. The van der Waals surface area contributed by atoms with E-state index in [0.29, 0.717) is 0 Å². The van der Waals surface area contributed by atoms with Crippen LogP contribution in [0.15, 0.2) is 0 Å². The molecule has 6 heavy (non-hydrogen) atoms. The van der Waals surface area contributed by atoms with Crippen molar-refractivity contribution in [2.24, 2.45) is 0 Å². The Morgan fingerprint density at radius 3 is 1.17 bits per heavy atom. The summed E-state index contributed by atoms with van der Waals surface area (Å²) >= 11 is 0. The summed E-state index contributed by atoms with van der Waals surface area (Å²) in [4.78, 5) is 0. The molecule has 0 amide bonds. The molecule has 0 fully saturated rings. The van der Waals surface area contributed by atoms with Gasteiger partial charge in [-0.15, -0.1) is 0 Å². The Morgan fingerprint density at radius 2 is 1.17 bits per heavy atom. The minimum absolute atomic E-state index is 0. The SMILES string of the molecule is CC(C)(C)O.[Sm]. The van der Waals surface area contributed by atoms with E-state index >= 15 is 0 Å². The van der Waals surface area contributed by atoms with E-state index in [1.807, 2.05) is 0 Å². The molecule has 0 unspecified atom stereocenters. The van der Waals surface area contributed by atoms with Gasteiger partial charge in [0.25, 0.3) is 0 Å². The van der Waals surface area contributed by atoms with Crippen molar-refractivity contribution in [1.29, 1.82) is 0 Å². The summed E-state index contributed by atoms with van der Waals surface area (Å²) < 4.78 is 0. The third-order valence-corrected chi connectivity index (χ3v) is 0. The van der Waals surface area contributed by atoms with Gasteiger partial charge in [0, 0.05) is 40.4 Å². The molecule has 1 nitrogen and oxygen atoms in total. The second-order valence-corrected chi connectivity index (χ2v) is 2.17. The number of hydrogen-bond donors (Lipinski definition) is 1. The van der Waals surface area contributed by atoms with Crippen molar-refractivity contribution in [2.75, 3.05) is 0 Å². The summed E-state index contributed by atoms with van der Waals surface area (Å²) in [6.07, 6.45) is 0.